The molecule has 0 saturated heterocycles. The summed E-state index contributed by atoms with van der Waals surface area (Å²) in [4.78, 5) is 0. The van der Waals surface area contributed by atoms with Gasteiger partial charge in [0.05, 0.1) is 15.9 Å². The van der Waals surface area contributed by atoms with Gasteiger partial charge in [-0.2, -0.15) is 5.10 Å². The Labute approximate surface area is 116 Å². The van der Waals surface area contributed by atoms with E-state index < -0.39 is 0 Å². The lowest BCUT2D eigenvalue weighted by Gasteiger charge is -2.11. The summed E-state index contributed by atoms with van der Waals surface area (Å²) < 4.78 is 8.76. The van der Waals surface area contributed by atoms with Crippen LogP contribution in [-0.2, 0) is 13.7 Å². The Kier molecular flexibility index (Phi) is 3.76. The summed E-state index contributed by atoms with van der Waals surface area (Å²) in [6.45, 7) is 6.66. The van der Waals surface area contributed by atoms with Gasteiger partial charge in [0.2, 0.25) is 0 Å². The predicted octanol–water partition coefficient (Wildman–Crippen LogP) is 3.69. The molecule has 0 fully saturated rings. The fourth-order valence-electron chi connectivity index (χ4n) is 1.86. The van der Waals surface area contributed by atoms with E-state index in [0.717, 1.165) is 21.6 Å². The Hall–Kier alpha value is -1.29. The average Bonchev–Trinajstić information content (AvgIpc) is 2.56. The topological polar surface area (TPSA) is 27.1 Å². The Balaban J connectivity index is 2.19. The fourth-order valence-corrected chi connectivity index (χ4v) is 2.31. The van der Waals surface area contributed by atoms with E-state index in [0.29, 0.717) is 6.61 Å². The average molecular weight is 309 g/mol. The molecule has 0 atom stereocenters. The second kappa shape index (κ2) is 5.14. The number of hydrogen-bond acceptors (Lipinski definition) is 2. The summed E-state index contributed by atoms with van der Waals surface area (Å²) in [5.41, 5.74) is 4.46. The molecule has 1 heterocycles. The molecule has 1 aromatic carbocycles. The van der Waals surface area contributed by atoms with Crippen LogP contribution in [0.3, 0.4) is 0 Å². The first-order valence-electron chi connectivity index (χ1n) is 5.87. The summed E-state index contributed by atoms with van der Waals surface area (Å²) in [6, 6.07) is 6.10. The van der Waals surface area contributed by atoms with Crippen molar-refractivity contribution in [3.63, 3.8) is 0 Å². The molecule has 0 amide bonds. The number of benzene rings is 1. The van der Waals surface area contributed by atoms with Gasteiger partial charge in [0.25, 0.3) is 0 Å². The van der Waals surface area contributed by atoms with Gasteiger partial charge in [-0.3, -0.25) is 4.68 Å². The minimum Gasteiger partial charge on any atom is -0.487 e. The van der Waals surface area contributed by atoms with E-state index in [4.69, 9.17) is 4.74 Å². The minimum atomic E-state index is 0.516. The van der Waals surface area contributed by atoms with E-state index in [1.165, 1.54) is 11.1 Å². The van der Waals surface area contributed by atoms with Crippen molar-refractivity contribution in [1.82, 2.24) is 9.78 Å². The van der Waals surface area contributed by atoms with E-state index >= 15 is 0 Å². The largest absolute Gasteiger partial charge is 0.487 e. The van der Waals surface area contributed by atoms with Crippen LogP contribution in [0, 0.1) is 20.8 Å². The van der Waals surface area contributed by atoms with Crippen LogP contribution in [0.4, 0.5) is 0 Å². The highest BCUT2D eigenvalue weighted by Crippen LogP contribution is 2.25. The van der Waals surface area contributed by atoms with Crippen molar-refractivity contribution in [2.45, 2.75) is 27.4 Å². The fraction of sp³-hybridized carbons (Fsp3) is 0.357. The zero-order valence-corrected chi connectivity index (χ0v) is 12.7. The standard InChI is InChI=1S/C14H17BrN2O/c1-9-6-5-7-13(10(9)2)18-8-12-14(15)11(3)16-17(12)4/h5-7H,8H2,1-4H3. The molecule has 0 N–H and O–H groups in total. The Morgan fingerprint density at radius 2 is 2.00 bits per heavy atom. The van der Waals surface area contributed by atoms with Gasteiger partial charge in [-0.1, -0.05) is 12.1 Å². The van der Waals surface area contributed by atoms with E-state index in [2.05, 4.69) is 40.9 Å². The summed E-state index contributed by atoms with van der Waals surface area (Å²) in [5, 5.41) is 4.35. The molecule has 0 bridgehead atoms. The first-order valence-corrected chi connectivity index (χ1v) is 6.67. The van der Waals surface area contributed by atoms with Crippen LogP contribution in [-0.4, -0.2) is 9.78 Å². The number of rotatable bonds is 3. The Bertz CT molecular complexity index is 575. The maximum absolute atomic E-state index is 5.89. The third-order valence-corrected chi connectivity index (χ3v) is 4.21. The van der Waals surface area contributed by atoms with Crippen molar-refractivity contribution < 1.29 is 4.74 Å². The summed E-state index contributed by atoms with van der Waals surface area (Å²) >= 11 is 3.54. The first-order chi connectivity index (χ1) is 8.50. The van der Waals surface area contributed by atoms with E-state index in [1.807, 2.05) is 30.8 Å². The molecule has 0 saturated carbocycles. The van der Waals surface area contributed by atoms with Crippen LogP contribution in [0.25, 0.3) is 0 Å². The molecule has 2 aromatic rings. The van der Waals surface area contributed by atoms with Crippen LogP contribution in [0.15, 0.2) is 22.7 Å². The zero-order chi connectivity index (χ0) is 13.3. The van der Waals surface area contributed by atoms with Crippen LogP contribution in [0.5, 0.6) is 5.75 Å². The molecular formula is C14H17BrN2O. The normalized spacial score (nSPS) is 10.7. The second-order valence-corrected chi connectivity index (χ2v) is 5.25. The lowest BCUT2D eigenvalue weighted by molar-refractivity contribution is 0.292. The van der Waals surface area contributed by atoms with E-state index in [1.54, 1.807) is 0 Å². The Morgan fingerprint density at radius 3 is 2.61 bits per heavy atom. The molecule has 18 heavy (non-hydrogen) atoms. The van der Waals surface area contributed by atoms with Gasteiger partial charge in [-0.25, -0.2) is 0 Å². The van der Waals surface area contributed by atoms with Crippen LogP contribution >= 0.6 is 15.9 Å². The van der Waals surface area contributed by atoms with Crippen molar-refractivity contribution in [1.29, 1.82) is 0 Å². The molecule has 2 rings (SSSR count). The van der Waals surface area contributed by atoms with Gasteiger partial charge in [-0.15, -0.1) is 0 Å². The van der Waals surface area contributed by atoms with Crippen molar-refractivity contribution in [2.75, 3.05) is 0 Å². The molecule has 0 radical (unpaired) electrons. The first kappa shape index (κ1) is 13.1. The monoisotopic (exact) mass is 308 g/mol. The van der Waals surface area contributed by atoms with Crippen LogP contribution < -0.4 is 4.74 Å². The van der Waals surface area contributed by atoms with Gasteiger partial charge in [0.15, 0.2) is 0 Å². The lowest BCUT2D eigenvalue weighted by Crippen LogP contribution is -2.04. The smallest absolute Gasteiger partial charge is 0.131 e. The number of halogens is 1. The van der Waals surface area contributed by atoms with Gasteiger partial charge in [-0.05, 0) is 53.9 Å². The third kappa shape index (κ3) is 2.43. The number of aromatic nitrogens is 2. The van der Waals surface area contributed by atoms with Gasteiger partial charge < -0.3 is 4.74 Å². The number of ether oxygens (including phenoxy) is 1. The summed E-state index contributed by atoms with van der Waals surface area (Å²) in [5.74, 6) is 0.931. The number of nitrogens with zero attached hydrogens (tertiary/aromatic N) is 2. The van der Waals surface area contributed by atoms with Gasteiger partial charge in [0.1, 0.15) is 12.4 Å². The summed E-state index contributed by atoms with van der Waals surface area (Å²) in [7, 11) is 1.93. The second-order valence-electron chi connectivity index (χ2n) is 4.46. The molecule has 1 aromatic heterocycles. The van der Waals surface area contributed by atoms with Crippen molar-refractivity contribution in [3.8, 4) is 5.75 Å². The number of hydrogen-bond donors (Lipinski definition) is 0. The van der Waals surface area contributed by atoms with Crippen molar-refractivity contribution >= 4 is 15.9 Å². The van der Waals surface area contributed by atoms with E-state index in [-0.39, 0.29) is 0 Å². The number of aryl methyl sites for hydroxylation is 3. The molecule has 0 spiro atoms. The minimum absolute atomic E-state index is 0.516. The molecule has 96 valence electrons. The highest BCUT2D eigenvalue weighted by atomic mass is 79.9. The maximum Gasteiger partial charge on any atom is 0.131 e. The van der Waals surface area contributed by atoms with Gasteiger partial charge in [0, 0.05) is 7.05 Å². The van der Waals surface area contributed by atoms with Crippen molar-refractivity contribution in [3.05, 3.63) is 45.2 Å². The Morgan fingerprint density at radius 1 is 1.28 bits per heavy atom. The predicted molar refractivity (Wildman–Crippen MR) is 75.9 cm³/mol. The zero-order valence-electron chi connectivity index (χ0n) is 11.1. The molecular weight excluding hydrogens is 292 g/mol. The molecule has 0 aliphatic heterocycles. The SMILES string of the molecule is Cc1cccc(OCc2c(Br)c(C)nn2C)c1C. The van der Waals surface area contributed by atoms with E-state index in [9.17, 15) is 0 Å². The maximum atomic E-state index is 5.89. The quantitative estimate of drug-likeness (QED) is 0.864. The van der Waals surface area contributed by atoms with Crippen LogP contribution in [0.2, 0.25) is 0 Å². The highest BCUT2D eigenvalue weighted by molar-refractivity contribution is 9.10. The molecule has 3 nitrogen and oxygen atoms in total. The van der Waals surface area contributed by atoms with Crippen LogP contribution in [0.1, 0.15) is 22.5 Å². The summed E-state index contributed by atoms with van der Waals surface area (Å²) in [6.07, 6.45) is 0. The molecule has 0 aliphatic rings. The van der Waals surface area contributed by atoms with Crippen molar-refractivity contribution in [2.24, 2.45) is 7.05 Å². The highest BCUT2D eigenvalue weighted by Gasteiger charge is 2.11. The molecule has 4 heteroatoms. The molecule has 0 unspecified atom stereocenters. The third-order valence-electron chi connectivity index (χ3n) is 3.18. The van der Waals surface area contributed by atoms with Gasteiger partial charge >= 0.3 is 0 Å². The molecule has 0 aliphatic carbocycles. The lowest BCUT2D eigenvalue weighted by atomic mass is 10.1.